The van der Waals surface area contributed by atoms with E-state index in [1.54, 1.807) is 18.3 Å². The summed E-state index contributed by atoms with van der Waals surface area (Å²) in [6, 6.07) is 4.68. The van der Waals surface area contributed by atoms with Crippen molar-refractivity contribution in [3.05, 3.63) is 30.1 Å². The molecule has 2 aliphatic heterocycles. The number of pyridine rings is 1. The van der Waals surface area contributed by atoms with Crippen molar-refractivity contribution in [2.24, 2.45) is 0 Å². The largest absolute Gasteiger partial charge is 0.349 e. The van der Waals surface area contributed by atoms with Crippen molar-refractivity contribution in [2.75, 3.05) is 7.05 Å². The van der Waals surface area contributed by atoms with Gasteiger partial charge in [0.1, 0.15) is 5.65 Å². The number of hydrogen-bond acceptors (Lipinski definition) is 3. The minimum Gasteiger partial charge on any atom is -0.349 e. The highest BCUT2D eigenvalue weighted by Crippen LogP contribution is 2.33. The van der Waals surface area contributed by atoms with E-state index in [1.807, 2.05) is 0 Å². The Labute approximate surface area is 151 Å². The van der Waals surface area contributed by atoms with Crippen molar-refractivity contribution in [3.63, 3.8) is 0 Å². The lowest BCUT2D eigenvalue weighted by atomic mass is 9.82. The van der Waals surface area contributed by atoms with Gasteiger partial charge in [-0.3, -0.25) is 4.79 Å². The maximum atomic E-state index is 12.9. The van der Waals surface area contributed by atoms with Crippen LogP contribution in [0.4, 0.5) is 8.78 Å². The van der Waals surface area contributed by atoms with Gasteiger partial charge in [0.2, 0.25) is 0 Å². The van der Waals surface area contributed by atoms with E-state index in [0.717, 1.165) is 12.8 Å². The van der Waals surface area contributed by atoms with Crippen molar-refractivity contribution in [2.45, 2.75) is 63.2 Å². The molecular formula is C19H24F2N4O. The standard InChI is InChI=1S/C19H24F2N4O/c1-24-13-4-2-5-14(24)9-12(8-13)23-19(26)16-10-25(11-17(20)21)18-15(16)6-3-7-22-18/h3,6-7,10,12-14,17H,2,4-5,8-9,11H2,1H3,(H,23,26)/t12-,13+,14-. The Kier molecular flexibility index (Phi) is 4.65. The highest BCUT2D eigenvalue weighted by Gasteiger charge is 2.36. The number of alkyl halides is 2. The molecule has 1 amide bonds. The van der Waals surface area contributed by atoms with Crippen LogP contribution in [0, 0.1) is 0 Å². The van der Waals surface area contributed by atoms with Crippen LogP contribution in [0.15, 0.2) is 24.5 Å². The summed E-state index contributed by atoms with van der Waals surface area (Å²) in [5, 5.41) is 3.77. The molecular weight excluding hydrogens is 338 g/mol. The van der Waals surface area contributed by atoms with Crippen LogP contribution in [0.3, 0.4) is 0 Å². The minimum absolute atomic E-state index is 0.138. The maximum Gasteiger partial charge on any atom is 0.256 e. The summed E-state index contributed by atoms with van der Waals surface area (Å²) in [6.45, 7) is -0.459. The molecule has 7 heteroatoms. The van der Waals surface area contributed by atoms with Gasteiger partial charge in [-0.15, -0.1) is 0 Å². The molecule has 0 aromatic carbocycles. The van der Waals surface area contributed by atoms with Crippen molar-refractivity contribution >= 4 is 16.9 Å². The molecule has 0 radical (unpaired) electrons. The zero-order valence-corrected chi connectivity index (χ0v) is 14.9. The van der Waals surface area contributed by atoms with Crippen LogP contribution in [0.2, 0.25) is 0 Å². The van der Waals surface area contributed by atoms with E-state index < -0.39 is 13.0 Å². The van der Waals surface area contributed by atoms with Gasteiger partial charge in [0, 0.05) is 35.9 Å². The molecule has 5 nitrogen and oxygen atoms in total. The third-order valence-electron chi connectivity index (χ3n) is 5.89. The molecule has 4 rings (SSSR count). The molecule has 2 saturated heterocycles. The lowest BCUT2D eigenvalue weighted by Crippen LogP contribution is -2.55. The number of carbonyl (C=O) groups excluding carboxylic acids is 1. The number of rotatable bonds is 4. The maximum absolute atomic E-state index is 12.9. The minimum atomic E-state index is -2.49. The van der Waals surface area contributed by atoms with Gasteiger partial charge in [0.25, 0.3) is 12.3 Å². The summed E-state index contributed by atoms with van der Waals surface area (Å²) in [6.07, 6.45) is 6.09. The Morgan fingerprint density at radius 2 is 2.08 bits per heavy atom. The number of fused-ring (bicyclic) bond motifs is 3. The van der Waals surface area contributed by atoms with E-state index in [2.05, 4.69) is 22.2 Å². The summed E-state index contributed by atoms with van der Waals surface area (Å²) < 4.78 is 27.1. The van der Waals surface area contributed by atoms with Crippen molar-refractivity contribution in [3.8, 4) is 0 Å². The molecule has 2 aromatic rings. The number of hydrogen-bond donors (Lipinski definition) is 1. The number of nitrogens with zero attached hydrogens (tertiary/aromatic N) is 3. The predicted octanol–water partition coefficient (Wildman–Crippen LogP) is 3.05. The smallest absolute Gasteiger partial charge is 0.256 e. The number of carbonyl (C=O) groups is 1. The Morgan fingerprint density at radius 1 is 1.35 bits per heavy atom. The molecule has 2 bridgehead atoms. The van der Waals surface area contributed by atoms with Crippen LogP contribution in [0.25, 0.3) is 11.0 Å². The number of piperidine rings is 2. The summed E-state index contributed by atoms with van der Waals surface area (Å²) in [4.78, 5) is 19.5. The summed E-state index contributed by atoms with van der Waals surface area (Å²) in [5.74, 6) is -0.191. The van der Waals surface area contributed by atoms with Gasteiger partial charge in [-0.25, -0.2) is 13.8 Å². The molecule has 2 aliphatic rings. The zero-order valence-electron chi connectivity index (χ0n) is 14.9. The first-order valence-corrected chi connectivity index (χ1v) is 9.27. The van der Waals surface area contributed by atoms with Crippen LogP contribution in [0.5, 0.6) is 0 Å². The molecule has 2 fully saturated rings. The van der Waals surface area contributed by atoms with E-state index in [-0.39, 0.29) is 11.9 Å². The fraction of sp³-hybridized carbons (Fsp3) is 0.579. The first-order valence-electron chi connectivity index (χ1n) is 9.27. The van der Waals surface area contributed by atoms with E-state index in [9.17, 15) is 13.6 Å². The van der Waals surface area contributed by atoms with Crippen LogP contribution in [-0.2, 0) is 6.54 Å². The second kappa shape index (κ2) is 6.95. The Bertz CT molecular complexity index is 792. The number of nitrogens with one attached hydrogen (secondary N) is 1. The topological polar surface area (TPSA) is 50.2 Å². The zero-order chi connectivity index (χ0) is 18.3. The molecule has 1 N–H and O–H groups in total. The Balaban J connectivity index is 1.55. The molecule has 140 valence electrons. The predicted molar refractivity (Wildman–Crippen MR) is 95.4 cm³/mol. The van der Waals surface area contributed by atoms with Gasteiger partial charge in [-0.1, -0.05) is 6.42 Å². The molecule has 0 saturated carbocycles. The normalized spacial score (nSPS) is 26.4. The van der Waals surface area contributed by atoms with E-state index in [4.69, 9.17) is 0 Å². The van der Waals surface area contributed by atoms with Crippen molar-refractivity contribution < 1.29 is 13.6 Å². The average Bonchev–Trinajstić information content (AvgIpc) is 2.94. The van der Waals surface area contributed by atoms with Gasteiger partial charge in [0.05, 0.1) is 12.1 Å². The van der Waals surface area contributed by atoms with Gasteiger partial charge >= 0.3 is 0 Å². The van der Waals surface area contributed by atoms with Gasteiger partial charge in [-0.05, 0) is 44.9 Å². The van der Waals surface area contributed by atoms with E-state index in [0.29, 0.717) is 28.7 Å². The highest BCUT2D eigenvalue weighted by molar-refractivity contribution is 6.06. The molecule has 3 atom stereocenters. The number of aromatic nitrogens is 2. The van der Waals surface area contributed by atoms with Gasteiger partial charge in [-0.2, -0.15) is 0 Å². The quantitative estimate of drug-likeness (QED) is 0.910. The fourth-order valence-corrected chi connectivity index (χ4v) is 4.59. The molecule has 0 aliphatic carbocycles. The second-order valence-electron chi connectivity index (χ2n) is 7.51. The third-order valence-corrected chi connectivity index (χ3v) is 5.89. The van der Waals surface area contributed by atoms with Crippen LogP contribution >= 0.6 is 0 Å². The lowest BCUT2D eigenvalue weighted by molar-refractivity contribution is 0.0463. The Morgan fingerprint density at radius 3 is 2.77 bits per heavy atom. The van der Waals surface area contributed by atoms with Crippen molar-refractivity contribution in [1.82, 2.24) is 19.8 Å². The molecule has 0 unspecified atom stereocenters. The van der Waals surface area contributed by atoms with Crippen molar-refractivity contribution in [1.29, 1.82) is 0 Å². The summed E-state index contributed by atoms with van der Waals surface area (Å²) in [7, 11) is 2.18. The van der Waals surface area contributed by atoms with E-state index >= 15 is 0 Å². The summed E-state index contributed by atoms with van der Waals surface area (Å²) >= 11 is 0. The molecule has 2 aromatic heterocycles. The first kappa shape index (κ1) is 17.4. The van der Waals surface area contributed by atoms with Crippen LogP contribution in [-0.4, -0.2) is 52.0 Å². The number of amides is 1. The monoisotopic (exact) mass is 362 g/mol. The number of halogens is 2. The molecule has 0 spiro atoms. The summed E-state index contributed by atoms with van der Waals surface area (Å²) in [5.41, 5.74) is 0.857. The SMILES string of the molecule is CN1[C@@H]2CCC[C@H]1C[C@@H](NC(=O)c1cn(CC(F)F)c3ncccc13)C2. The van der Waals surface area contributed by atoms with Gasteiger partial charge < -0.3 is 14.8 Å². The second-order valence-corrected chi connectivity index (χ2v) is 7.51. The molecule has 4 heterocycles. The average molecular weight is 362 g/mol. The van der Waals surface area contributed by atoms with Crippen LogP contribution in [0.1, 0.15) is 42.5 Å². The third kappa shape index (κ3) is 3.20. The Hall–Kier alpha value is -2.02. The van der Waals surface area contributed by atoms with E-state index in [1.165, 1.54) is 30.0 Å². The molecule has 26 heavy (non-hydrogen) atoms. The van der Waals surface area contributed by atoms with Crippen LogP contribution < -0.4 is 5.32 Å². The lowest BCUT2D eigenvalue weighted by Gasteiger charge is -2.47. The highest BCUT2D eigenvalue weighted by atomic mass is 19.3. The fourth-order valence-electron chi connectivity index (χ4n) is 4.59. The first-order chi connectivity index (χ1) is 12.5. The van der Waals surface area contributed by atoms with Gasteiger partial charge in [0.15, 0.2) is 0 Å².